The van der Waals surface area contributed by atoms with Gasteiger partial charge in [0.05, 0.1) is 16.8 Å². The van der Waals surface area contributed by atoms with Crippen molar-refractivity contribution in [1.29, 1.82) is 0 Å². The third-order valence-electron chi connectivity index (χ3n) is 6.00. The molecule has 3 aromatic heterocycles. The van der Waals surface area contributed by atoms with Crippen molar-refractivity contribution in [1.82, 2.24) is 23.7 Å². The summed E-state index contributed by atoms with van der Waals surface area (Å²) in [5, 5.41) is 6.63. The van der Waals surface area contributed by atoms with Crippen molar-refractivity contribution < 1.29 is 0 Å². The first-order valence-electron chi connectivity index (χ1n) is 10.9. The van der Waals surface area contributed by atoms with E-state index < -0.39 is 17.3 Å². The van der Waals surface area contributed by atoms with Crippen LogP contribution in [-0.2, 0) is 7.05 Å². The van der Waals surface area contributed by atoms with Gasteiger partial charge < -0.3 is 0 Å². The van der Waals surface area contributed by atoms with Gasteiger partial charge in [-0.3, -0.25) is 28.6 Å². The molecule has 0 aliphatic rings. The van der Waals surface area contributed by atoms with Gasteiger partial charge in [-0.15, -0.1) is 0 Å². The van der Waals surface area contributed by atoms with Gasteiger partial charge in [-0.2, -0.15) is 0 Å². The molecule has 2 N–H and O–H groups in total. The number of benzene rings is 2. The molecule has 1 unspecified atom stereocenters. The lowest BCUT2D eigenvalue weighted by Crippen LogP contribution is -2.40. The van der Waals surface area contributed by atoms with Crippen LogP contribution in [0, 0.1) is 0 Å². The Morgan fingerprint density at radius 1 is 1.00 bits per heavy atom. The van der Waals surface area contributed by atoms with E-state index in [1.54, 1.807) is 47.2 Å². The zero-order chi connectivity index (χ0) is 25.6. The van der Waals surface area contributed by atoms with Gasteiger partial charge in [-0.25, -0.2) is 9.78 Å². The number of nitrogens with zero attached hydrogens (tertiary/aromatic N) is 5. The largest absolute Gasteiger partial charge is 0.333 e. The number of imidazole rings is 1. The zero-order valence-electron chi connectivity index (χ0n) is 19.2. The fourth-order valence-corrected chi connectivity index (χ4v) is 4.73. The maximum Gasteiger partial charge on any atom is 0.333 e. The number of aromatic nitrogens is 5. The van der Waals surface area contributed by atoms with Crippen LogP contribution in [0.3, 0.4) is 0 Å². The Morgan fingerprint density at radius 3 is 2.36 bits per heavy atom. The number of halogens is 2. The summed E-state index contributed by atoms with van der Waals surface area (Å²) in [6, 6.07) is 17.3. The highest BCUT2D eigenvalue weighted by Gasteiger charge is 2.26. The van der Waals surface area contributed by atoms with Gasteiger partial charge in [0.2, 0.25) is 0 Å². The molecule has 0 aliphatic heterocycles. The maximum atomic E-state index is 13.5. The summed E-state index contributed by atoms with van der Waals surface area (Å²) >= 11 is 13.8. The van der Waals surface area contributed by atoms with E-state index in [2.05, 4.69) is 4.98 Å². The summed E-state index contributed by atoms with van der Waals surface area (Å²) in [5.74, 6) is 0.421. The summed E-state index contributed by atoms with van der Waals surface area (Å²) < 4.78 is 4.26. The predicted molar refractivity (Wildman–Crippen MR) is 144 cm³/mol. The van der Waals surface area contributed by atoms with E-state index in [0.29, 0.717) is 32.8 Å². The number of hydrogen-bond acceptors (Lipinski definition) is 6. The molecule has 8 nitrogen and oxygen atoms in total. The summed E-state index contributed by atoms with van der Waals surface area (Å²) in [4.78, 5) is 37.1. The quantitative estimate of drug-likeness (QED) is 0.321. The van der Waals surface area contributed by atoms with Gasteiger partial charge in [0.15, 0.2) is 11.2 Å². The van der Waals surface area contributed by atoms with E-state index in [-0.39, 0.29) is 11.2 Å². The number of hydrogen-bond donors (Lipinski definition) is 1. The molecule has 0 saturated heterocycles. The smallest absolute Gasteiger partial charge is 0.286 e. The van der Waals surface area contributed by atoms with E-state index >= 15 is 0 Å². The number of rotatable bonds is 5. The zero-order valence-corrected chi connectivity index (χ0v) is 21.6. The highest BCUT2D eigenvalue weighted by Crippen LogP contribution is 2.32. The molecular weight excluding hydrogens is 519 g/mol. The van der Waals surface area contributed by atoms with Crippen LogP contribution in [0.5, 0.6) is 0 Å². The van der Waals surface area contributed by atoms with Crippen molar-refractivity contribution in [3.05, 3.63) is 103 Å². The molecule has 0 bridgehead atoms. The molecule has 1 atom stereocenters. The molecule has 0 spiro atoms. The Bertz CT molecular complexity index is 1710. The number of pyridine rings is 1. The number of fused-ring (bicyclic) bond motifs is 1. The molecule has 0 fully saturated rings. The van der Waals surface area contributed by atoms with Crippen LogP contribution in [0.2, 0.25) is 10.0 Å². The van der Waals surface area contributed by atoms with Crippen LogP contribution in [-0.4, -0.2) is 23.7 Å². The second kappa shape index (κ2) is 9.59. The van der Waals surface area contributed by atoms with Crippen molar-refractivity contribution >= 4 is 46.3 Å². The molecule has 0 amide bonds. The molecule has 3 heterocycles. The van der Waals surface area contributed by atoms with Gasteiger partial charge in [0.1, 0.15) is 5.82 Å². The predicted octanol–water partition coefficient (Wildman–Crippen LogP) is 4.83. The summed E-state index contributed by atoms with van der Waals surface area (Å²) in [6.07, 6.45) is 1.64. The van der Waals surface area contributed by atoms with Crippen LogP contribution >= 0.6 is 35.1 Å². The normalized spacial score (nSPS) is 12.2. The van der Waals surface area contributed by atoms with Crippen LogP contribution in [0.25, 0.3) is 28.2 Å². The highest BCUT2D eigenvalue weighted by molar-refractivity contribution is 7.97. The van der Waals surface area contributed by atoms with Gasteiger partial charge in [-0.05, 0) is 67.4 Å². The molecule has 2 aromatic carbocycles. The Morgan fingerprint density at radius 2 is 1.72 bits per heavy atom. The molecule has 5 rings (SSSR count). The molecule has 36 heavy (non-hydrogen) atoms. The monoisotopic (exact) mass is 538 g/mol. The first-order valence-corrected chi connectivity index (χ1v) is 12.5. The molecule has 182 valence electrons. The molecular formula is C25H20Cl2N6O2S. The summed E-state index contributed by atoms with van der Waals surface area (Å²) in [7, 11) is 1.45. The van der Waals surface area contributed by atoms with E-state index in [1.165, 1.54) is 11.6 Å². The van der Waals surface area contributed by atoms with Gasteiger partial charge in [0, 0.05) is 34.4 Å². The number of nitrogens with two attached hydrogens (primary N) is 1. The van der Waals surface area contributed by atoms with E-state index in [1.807, 2.05) is 31.2 Å². The Labute approximate surface area is 220 Å². The minimum absolute atomic E-state index is 0.222. The lowest BCUT2D eigenvalue weighted by atomic mass is 10.2. The lowest BCUT2D eigenvalue weighted by Gasteiger charge is -2.17. The molecule has 11 heteroatoms. The average Bonchev–Trinajstić information content (AvgIpc) is 3.28. The van der Waals surface area contributed by atoms with Crippen LogP contribution in [0.4, 0.5) is 0 Å². The van der Waals surface area contributed by atoms with Crippen LogP contribution in [0.15, 0.2) is 81.3 Å². The lowest BCUT2D eigenvalue weighted by molar-refractivity contribution is 0.567. The maximum absolute atomic E-state index is 13.5. The minimum atomic E-state index is -0.531. The van der Waals surface area contributed by atoms with Crippen molar-refractivity contribution in [2.45, 2.75) is 17.9 Å². The third-order valence-corrected chi connectivity index (χ3v) is 7.09. The molecule has 0 radical (unpaired) electrons. The second-order valence-corrected chi connectivity index (χ2v) is 9.68. The van der Waals surface area contributed by atoms with Crippen molar-refractivity contribution in [2.24, 2.45) is 12.2 Å². The Kier molecular flexibility index (Phi) is 6.48. The standard InChI is InChI=1S/C25H20Cl2N6O2S/c1-14(20-12-11-17(36-28)13-29-20)32-23-21(24(34)31(2)25(32)35)33(16-9-7-15(26)8-10-16)22(30-23)18-5-3-4-6-19(18)27/h3-14H,28H2,1-2H3. The van der Waals surface area contributed by atoms with Crippen molar-refractivity contribution in [3.63, 3.8) is 0 Å². The summed E-state index contributed by atoms with van der Waals surface area (Å²) in [5.41, 5.74) is 1.34. The van der Waals surface area contributed by atoms with Gasteiger partial charge in [-0.1, -0.05) is 35.3 Å². The molecule has 0 aliphatic carbocycles. The van der Waals surface area contributed by atoms with E-state index in [9.17, 15) is 9.59 Å². The third kappa shape index (κ3) is 4.04. The SMILES string of the molecule is CC(c1ccc(SN)cn1)n1c(=O)n(C)c(=O)c2c1nc(-c1ccccc1Cl)n2-c1ccc(Cl)cc1. The topological polar surface area (TPSA) is 101 Å². The van der Waals surface area contributed by atoms with Crippen LogP contribution < -0.4 is 16.4 Å². The summed E-state index contributed by atoms with van der Waals surface area (Å²) in [6.45, 7) is 1.83. The minimum Gasteiger partial charge on any atom is -0.286 e. The average molecular weight is 539 g/mol. The van der Waals surface area contributed by atoms with Gasteiger partial charge in [0.25, 0.3) is 5.56 Å². The van der Waals surface area contributed by atoms with Gasteiger partial charge >= 0.3 is 5.69 Å². The van der Waals surface area contributed by atoms with Crippen LogP contribution in [0.1, 0.15) is 18.7 Å². The molecule has 0 saturated carbocycles. The highest BCUT2D eigenvalue weighted by atomic mass is 35.5. The fraction of sp³-hybridized carbons (Fsp3) is 0.120. The first-order chi connectivity index (χ1) is 17.3. The van der Waals surface area contributed by atoms with E-state index in [4.69, 9.17) is 33.3 Å². The fourth-order valence-electron chi connectivity index (χ4n) is 4.12. The van der Waals surface area contributed by atoms with Crippen molar-refractivity contribution in [3.8, 4) is 17.1 Å². The first kappa shape index (κ1) is 24.3. The van der Waals surface area contributed by atoms with Crippen molar-refractivity contribution in [2.75, 3.05) is 0 Å². The molecule has 5 aromatic rings. The Balaban J connectivity index is 1.89. The second-order valence-electron chi connectivity index (χ2n) is 8.13. The Hall–Kier alpha value is -3.37. The van der Waals surface area contributed by atoms with E-state index in [0.717, 1.165) is 21.4 Å².